The summed E-state index contributed by atoms with van der Waals surface area (Å²) >= 11 is 1.74. The summed E-state index contributed by atoms with van der Waals surface area (Å²) in [4.78, 5) is 21.3. The molecule has 1 aromatic carbocycles. The summed E-state index contributed by atoms with van der Waals surface area (Å²) in [5, 5.41) is 5.50. The number of nitrogens with one attached hydrogen (secondary N) is 1. The lowest BCUT2D eigenvalue weighted by Crippen LogP contribution is -2.38. The molecule has 0 radical (unpaired) electrons. The Hall–Kier alpha value is -2.34. The Balaban J connectivity index is 1.36. The predicted molar refractivity (Wildman–Crippen MR) is 102 cm³/mol. The van der Waals surface area contributed by atoms with Crippen LogP contribution in [0.3, 0.4) is 0 Å². The SMILES string of the molecule is Cc1cc2cccc(C(=O)NC3CCC(Sc4ncccn4)CC3)c2o1. The first-order valence-corrected chi connectivity index (χ1v) is 9.81. The van der Waals surface area contributed by atoms with Crippen molar-refractivity contribution in [3.63, 3.8) is 0 Å². The minimum Gasteiger partial charge on any atom is -0.461 e. The van der Waals surface area contributed by atoms with Crippen molar-refractivity contribution in [1.82, 2.24) is 15.3 Å². The Kier molecular flexibility index (Phi) is 4.93. The number of benzene rings is 1. The highest BCUT2D eigenvalue weighted by molar-refractivity contribution is 7.99. The van der Waals surface area contributed by atoms with Crippen LogP contribution >= 0.6 is 11.8 Å². The van der Waals surface area contributed by atoms with Gasteiger partial charge >= 0.3 is 0 Å². The topological polar surface area (TPSA) is 68.0 Å². The van der Waals surface area contributed by atoms with E-state index in [9.17, 15) is 4.79 Å². The maximum atomic E-state index is 12.7. The Labute approximate surface area is 156 Å². The second-order valence-electron chi connectivity index (χ2n) is 6.68. The third kappa shape index (κ3) is 3.75. The van der Waals surface area contributed by atoms with Gasteiger partial charge in [-0.25, -0.2) is 9.97 Å². The van der Waals surface area contributed by atoms with E-state index in [4.69, 9.17) is 4.42 Å². The molecule has 26 heavy (non-hydrogen) atoms. The van der Waals surface area contributed by atoms with Gasteiger partial charge in [-0.2, -0.15) is 0 Å². The van der Waals surface area contributed by atoms with Gasteiger partial charge in [-0.3, -0.25) is 4.79 Å². The number of hydrogen-bond donors (Lipinski definition) is 1. The first-order valence-electron chi connectivity index (χ1n) is 8.93. The van der Waals surface area contributed by atoms with Gasteiger partial charge in [0.05, 0.1) is 5.56 Å². The molecule has 0 unspecified atom stereocenters. The van der Waals surface area contributed by atoms with Gasteiger partial charge in [-0.1, -0.05) is 23.9 Å². The van der Waals surface area contributed by atoms with Gasteiger partial charge < -0.3 is 9.73 Å². The molecular formula is C20H21N3O2S. The summed E-state index contributed by atoms with van der Waals surface area (Å²) in [5.74, 6) is 0.772. The van der Waals surface area contributed by atoms with Crippen molar-refractivity contribution >= 4 is 28.6 Å². The predicted octanol–water partition coefficient (Wildman–Crippen LogP) is 4.36. The van der Waals surface area contributed by atoms with Crippen LogP contribution in [0.1, 0.15) is 41.8 Å². The lowest BCUT2D eigenvalue weighted by atomic mass is 9.94. The molecule has 0 atom stereocenters. The number of thioether (sulfide) groups is 1. The van der Waals surface area contributed by atoms with E-state index in [2.05, 4.69) is 15.3 Å². The van der Waals surface area contributed by atoms with Crippen LogP contribution in [0.2, 0.25) is 0 Å². The number of carbonyl (C=O) groups excluding carboxylic acids is 1. The monoisotopic (exact) mass is 367 g/mol. The van der Waals surface area contributed by atoms with Gasteiger partial charge in [-0.15, -0.1) is 0 Å². The van der Waals surface area contributed by atoms with Crippen molar-refractivity contribution in [1.29, 1.82) is 0 Å². The lowest BCUT2D eigenvalue weighted by molar-refractivity contribution is 0.0929. The van der Waals surface area contributed by atoms with Crippen molar-refractivity contribution in [3.8, 4) is 0 Å². The van der Waals surface area contributed by atoms with Crippen molar-refractivity contribution < 1.29 is 9.21 Å². The quantitative estimate of drug-likeness (QED) is 0.694. The average molecular weight is 367 g/mol. The van der Waals surface area contributed by atoms with E-state index in [1.807, 2.05) is 37.3 Å². The first kappa shape index (κ1) is 17.1. The van der Waals surface area contributed by atoms with Gasteiger partial charge in [0.1, 0.15) is 11.3 Å². The van der Waals surface area contributed by atoms with Gasteiger partial charge in [-0.05, 0) is 50.8 Å². The van der Waals surface area contributed by atoms with E-state index in [0.29, 0.717) is 16.4 Å². The molecule has 0 bridgehead atoms. The third-order valence-electron chi connectivity index (χ3n) is 4.74. The van der Waals surface area contributed by atoms with E-state index < -0.39 is 0 Å². The largest absolute Gasteiger partial charge is 0.461 e. The summed E-state index contributed by atoms with van der Waals surface area (Å²) in [6, 6.07) is 9.70. The van der Waals surface area contributed by atoms with Crippen LogP contribution in [0.4, 0.5) is 0 Å². The number of amides is 1. The van der Waals surface area contributed by atoms with Crippen LogP contribution in [0, 0.1) is 6.92 Å². The van der Waals surface area contributed by atoms with E-state index in [0.717, 1.165) is 42.0 Å². The van der Waals surface area contributed by atoms with E-state index in [-0.39, 0.29) is 11.9 Å². The maximum Gasteiger partial charge on any atom is 0.255 e. The van der Waals surface area contributed by atoms with Gasteiger partial charge in [0, 0.05) is 29.1 Å². The summed E-state index contributed by atoms with van der Waals surface area (Å²) in [6.07, 6.45) is 7.61. The number of carbonyl (C=O) groups is 1. The Morgan fingerprint density at radius 3 is 2.69 bits per heavy atom. The van der Waals surface area contributed by atoms with Crippen LogP contribution < -0.4 is 5.32 Å². The molecule has 1 saturated carbocycles. The number of aryl methyl sites for hydroxylation is 1. The zero-order chi connectivity index (χ0) is 17.9. The fourth-order valence-corrected chi connectivity index (χ4v) is 4.50. The minimum absolute atomic E-state index is 0.0487. The standard InChI is InChI=1S/C20H21N3O2S/c1-13-12-14-4-2-5-17(18(14)25-13)19(24)23-15-6-8-16(9-7-15)26-20-21-10-3-11-22-20/h2-5,10-12,15-16H,6-9H2,1H3,(H,23,24). The molecule has 4 rings (SSSR count). The summed E-state index contributed by atoms with van der Waals surface area (Å²) < 4.78 is 5.71. The Morgan fingerprint density at radius 2 is 1.92 bits per heavy atom. The van der Waals surface area contributed by atoms with E-state index >= 15 is 0 Å². The number of fused-ring (bicyclic) bond motifs is 1. The van der Waals surface area contributed by atoms with Crippen LogP contribution in [0.25, 0.3) is 11.0 Å². The second kappa shape index (κ2) is 7.50. The van der Waals surface area contributed by atoms with Gasteiger partial charge in [0.15, 0.2) is 5.16 Å². The molecule has 0 spiro atoms. The van der Waals surface area contributed by atoms with Crippen molar-refractivity contribution in [2.45, 2.75) is 49.1 Å². The molecule has 0 saturated heterocycles. The van der Waals surface area contributed by atoms with Gasteiger partial charge in [0.25, 0.3) is 5.91 Å². The van der Waals surface area contributed by atoms with Crippen LogP contribution in [-0.2, 0) is 0 Å². The maximum absolute atomic E-state index is 12.7. The Bertz CT molecular complexity index is 902. The smallest absolute Gasteiger partial charge is 0.255 e. The van der Waals surface area contributed by atoms with Crippen molar-refractivity contribution in [2.24, 2.45) is 0 Å². The molecule has 1 aliphatic rings. The number of nitrogens with zero attached hydrogens (tertiary/aromatic N) is 2. The number of rotatable bonds is 4. The molecule has 5 nitrogen and oxygen atoms in total. The highest BCUT2D eigenvalue weighted by atomic mass is 32.2. The molecule has 1 fully saturated rings. The summed E-state index contributed by atoms with van der Waals surface area (Å²) in [7, 11) is 0. The fourth-order valence-electron chi connectivity index (χ4n) is 3.45. The Morgan fingerprint density at radius 1 is 1.15 bits per heavy atom. The molecule has 3 aromatic rings. The summed E-state index contributed by atoms with van der Waals surface area (Å²) in [5.41, 5.74) is 1.29. The zero-order valence-electron chi connectivity index (χ0n) is 14.6. The minimum atomic E-state index is -0.0487. The molecular weight excluding hydrogens is 346 g/mol. The number of aromatic nitrogens is 2. The van der Waals surface area contributed by atoms with Crippen molar-refractivity contribution in [3.05, 3.63) is 54.0 Å². The molecule has 1 aliphatic carbocycles. The fraction of sp³-hybridized carbons (Fsp3) is 0.350. The number of hydrogen-bond acceptors (Lipinski definition) is 5. The molecule has 6 heteroatoms. The lowest BCUT2D eigenvalue weighted by Gasteiger charge is -2.28. The molecule has 1 amide bonds. The number of para-hydroxylation sites is 1. The first-order chi connectivity index (χ1) is 12.7. The zero-order valence-corrected chi connectivity index (χ0v) is 15.5. The molecule has 2 aromatic heterocycles. The summed E-state index contributed by atoms with van der Waals surface area (Å²) in [6.45, 7) is 1.90. The van der Waals surface area contributed by atoms with Crippen LogP contribution in [0.5, 0.6) is 0 Å². The molecule has 1 N–H and O–H groups in total. The second-order valence-corrected chi connectivity index (χ2v) is 7.94. The van der Waals surface area contributed by atoms with E-state index in [1.54, 1.807) is 24.2 Å². The normalized spacial score (nSPS) is 20.2. The number of furan rings is 1. The third-order valence-corrected chi connectivity index (χ3v) is 5.96. The average Bonchev–Trinajstić information content (AvgIpc) is 3.04. The van der Waals surface area contributed by atoms with E-state index in [1.165, 1.54) is 0 Å². The highest BCUT2D eigenvalue weighted by Crippen LogP contribution is 2.32. The van der Waals surface area contributed by atoms with Crippen LogP contribution in [-0.4, -0.2) is 27.2 Å². The van der Waals surface area contributed by atoms with Gasteiger partial charge in [0.2, 0.25) is 0 Å². The molecule has 2 heterocycles. The van der Waals surface area contributed by atoms with Crippen LogP contribution in [0.15, 0.2) is 52.3 Å². The molecule has 0 aliphatic heterocycles. The highest BCUT2D eigenvalue weighted by Gasteiger charge is 2.25. The van der Waals surface area contributed by atoms with Crippen molar-refractivity contribution in [2.75, 3.05) is 0 Å². The molecule has 134 valence electrons.